The number of nitriles is 1. The summed E-state index contributed by atoms with van der Waals surface area (Å²) < 4.78 is 13.1. The fraction of sp³-hybridized carbons (Fsp3) is 0.333. The smallest absolute Gasteiger partial charge is 0.338 e. The highest BCUT2D eigenvalue weighted by Gasteiger charge is 2.10. The van der Waals surface area contributed by atoms with E-state index in [0.717, 1.165) is 23.5 Å². The molecule has 5 heteroatoms. The molecule has 1 N–H and O–H groups in total. The van der Waals surface area contributed by atoms with Crippen LogP contribution in [0.5, 0.6) is 0 Å². The molecule has 1 rings (SSSR count). The van der Waals surface area contributed by atoms with E-state index in [0.29, 0.717) is 6.42 Å². The number of carboxylic acids is 1. The number of aromatic carboxylic acids is 1. The third-order valence-corrected chi connectivity index (χ3v) is 3.20. The summed E-state index contributed by atoms with van der Waals surface area (Å²) in [6.07, 6.45) is 2.25. The Morgan fingerprint density at radius 3 is 2.88 bits per heavy atom. The van der Waals surface area contributed by atoms with Crippen molar-refractivity contribution < 1.29 is 14.3 Å². The third-order valence-electron chi connectivity index (χ3n) is 2.12. The van der Waals surface area contributed by atoms with E-state index in [4.69, 9.17) is 10.4 Å². The number of unbranched alkanes of at least 4 members (excludes halogenated alkanes) is 2. The molecule has 0 radical (unpaired) electrons. The lowest BCUT2D eigenvalue weighted by Crippen LogP contribution is -2.00. The predicted octanol–water partition coefficient (Wildman–Crippen LogP) is 3.31. The minimum atomic E-state index is -1.26. The van der Waals surface area contributed by atoms with Gasteiger partial charge >= 0.3 is 5.97 Å². The molecule has 1 aromatic carbocycles. The zero-order chi connectivity index (χ0) is 12.7. The molecule has 0 bridgehead atoms. The predicted molar refractivity (Wildman–Crippen MR) is 63.5 cm³/mol. The summed E-state index contributed by atoms with van der Waals surface area (Å²) in [5.74, 6) is -1.17. The minimum Gasteiger partial charge on any atom is -0.478 e. The maximum Gasteiger partial charge on any atom is 0.338 e. The van der Waals surface area contributed by atoms with Crippen molar-refractivity contribution in [2.75, 3.05) is 5.75 Å². The van der Waals surface area contributed by atoms with Crippen LogP contribution in [0, 0.1) is 17.1 Å². The zero-order valence-electron chi connectivity index (χ0n) is 9.15. The van der Waals surface area contributed by atoms with Crippen LogP contribution in [-0.4, -0.2) is 16.8 Å². The molecule has 0 spiro atoms. The standard InChI is InChI=1S/C12H12FNO2S/c13-11-5-4-9(8-10(11)12(15)16)17-7-3-1-2-6-14/h4-5,8H,1-3,7H2,(H,15,16). The summed E-state index contributed by atoms with van der Waals surface area (Å²) >= 11 is 1.47. The van der Waals surface area contributed by atoms with Gasteiger partial charge < -0.3 is 5.11 Å². The van der Waals surface area contributed by atoms with Crippen LogP contribution in [0.2, 0.25) is 0 Å². The number of carboxylic acid groups (broad SMARTS) is 1. The molecule has 0 aromatic heterocycles. The Hall–Kier alpha value is -1.54. The fourth-order valence-corrected chi connectivity index (χ4v) is 2.20. The van der Waals surface area contributed by atoms with Gasteiger partial charge in [0, 0.05) is 11.3 Å². The van der Waals surface area contributed by atoms with Crippen LogP contribution >= 0.6 is 11.8 Å². The van der Waals surface area contributed by atoms with Crippen molar-refractivity contribution in [3.63, 3.8) is 0 Å². The molecule has 0 aliphatic carbocycles. The summed E-state index contributed by atoms with van der Waals surface area (Å²) in [6, 6.07) is 6.14. The van der Waals surface area contributed by atoms with Crippen LogP contribution in [0.1, 0.15) is 29.6 Å². The van der Waals surface area contributed by atoms with Crippen molar-refractivity contribution in [3.8, 4) is 6.07 Å². The van der Waals surface area contributed by atoms with Crippen LogP contribution in [0.25, 0.3) is 0 Å². The van der Waals surface area contributed by atoms with E-state index in [1.54, 1.807) is 6.07 Å². The first kappa shape index (κ1) is 13.5. The van der Waals surface area contributed by atoms with Crippen LogP contribution in [0.4, 0.5) is 4.39 Å². The maximum absolute atomic E-state index is 13.1. The van der Waals surface area contributed by atoms with Gasteiger partial charge in [-0.15, -0.1) is 11.8 Å². The quantitative estimate of drug-likeness (QED) is 0.624. The largest absolute Gasteiger partial charge is 0.478 e. The first-order valence-corrected chi connectivity index (χ1v) is 6.16. The molecule has 0 aliphatic heterocycles. The monoisotopic (exact) mass is 253 g/mol. The summed E-state index contributed by atoms with van der Waals surface area (Å²) in [7, 11) is 0. The Bertz CT molecular complexity index is 443. The van der Waals surface area contributed by atoms with E-state index in [9.17, 15) is 9.18 Å². The molecular weight excluding hydrogens is 241 g/mol. The third kappa shape index (κ3) is 4.45. The first-order valence-electron chi connectivity index (χ1n) is 5.17. The number of hydrogen-bond acceptors (Lipinski definition) is 3. The summed E-state index contributed by atoms with van der Waals surface area (Å²) in [5, 5.41) is 17.1. The van der Waals surface area contributed by atoms with E-state index in [-0.39, 0.29) is 5.56 Å². The molecule has 0 heterocycles. The second-order valence-electron chi connectivity index (χ2n) is 3.41. The first-order chi connectivity index (χ1) is 8.15. The number of benzene rings is 1. The van der Waals surface area contributed by atoms with Crippen molar-refractivity contribution in [3.05, 3.63) is 29.6 Å². The number of carbonyl (C=O) groups is 1. The van der Waals surface area contributed by atoms with Crippen molar-refractivity contribution in [1.82, 2.24) is 0 Å². The highest BCUT2D eigenvalue weighted by Crippen LogP contribution is 2.22. The summed E-state index contributed by atoms with van der Waals surface area (Å²) in [5.41, 5.74) is -0.299. The minimum absolute atomic E-state index is 0.299. The molecule has 3 nitrogen and oxygen atoms in total. The Balaban J connectivity index is 2.52. The molecular formula is C12H12FNO2S. The molecule has 0 unspecified atom stereocenters. The highest BCUT2D eigenvalue weighted by molar-refractivity contribution is 7.99. The zero-order valence-corrected chi connectivity index (χ0v) is 9.97. The summed E-state index contributed by atoms with van der Waals surface area (Å²) in [4.78, 5) is 11.4. The summed E-state index contributed by atoms with van der Waals surface area (Å²) in [6.45, 7) is 0. The molecule has 90 valence electrons. The number of nitrogens with zero attached hydrogens (tertiary/aromatic N) is 1. The average molecular weight is 253 g/mol. The van der Waals surface area contributed by atoms with Crippen LogP contribution in [0.3, 0.4) is 0 Å². The molecule has 0 saturated heterocycles. The average Bonchev–Trinajstić information content (AvgIpc) is 2.30. The van der Waals surface area contributed by atoms with Crippen LogP contribution in [0.15, 0.2) is 23.1 Å². The SMILES string of the molecule is N#CCCCCSc1ccc(F)c(C(=O)O)c1. The van der Waals surface area contributed by atoms with Gasteiger partial charge in [0.05, 0.1) is 11.6 Å². The van der Waals surface area contributed by atoms with Gasteiger partial charge in [0.15, 0.2) is 0 Å². The van der Waals surface area contributed by atoms with Crippen LogP contribution < -0.4 is 0 Å². The van der Waals surface area contributed by atoms with E-state index < -0.39 is 11.8 Å². The topological polar surface area (TPSA) is 61.1 Å². The van der Waals surface area contributed by atoms with Gasteiger partial charge in [-0.25, -0.2) is 9.18 Å². The van der Waals surface area contributed by atoms with E-state index in [1.165, 1.54) is 23.9 Å². The molecule has 0 amide bonds. The van der Waals surface area contributed by atoms with Gasteiger partial charge in [0.25, 0.3) is 0 Å². The van der Waals surface area contributed by atoms with Gasteiger partial charge in [-0.3, -0.25) is 0 Å². The van der Waals surface area contributed by atoms with Crippen molar-refractivity contribution in [2.45, 2.75) is 24.2 Å². The van der Waals surface area contributed by atoms with Crippen molar-refractivity contribution >= 4 is 17.7 Å². The van der Waals surface area contributed by atoms with E-state index >= 15 is 0 Å². The normalized spacial score (nSPS) is 9.88. The van der Waals surface area contributed by atoms with E-state index in [2.05, 4.69) is 6.07 Å². The highest BCUT2D eigenvalue weighted by atomic mass is 32.2. The lowest BCUT2D eigenvalue weighted by atomic mass is 10.2. The number of hydrogen-bond donors (Lipinski definition) is 1. The fourth-order valence-electron chi connectivity index (χ4n) is 1.25. The number of halogens is 1. The molecule has 0 aliphatic rings. The Morgan fingerprint density at radius 2 is 2.24 bits per heavy atom. The maximum atomic E-state index is 13.1. The Morgan fingerprint density at radius 1 is 1.47 bits per heavy atom. The molecule has 17 heavy (non-hydrogen) atoms. The van der Waals surface area contributed by atoms with Gasteiger partial charge in [-0.1, -0.05) is 0 Å². The second kappa shape index (κ2) is 6.92. The Kier molecular flexibility index (Phi) is 5.50. The van der Waals surface area contributed by atoms with Gasteiger partial charge in [-0.05, 0) is 36.8 Å². The Labute approximate surface area is 103 Å². The molecule has 1 aromatic rings. The van der Waals surface area contributed by atoms with Gasteiger partial charge in [0.2, 0.25) is 0 Å². The molecule has 0 saturated carbocycles. The number of thioether (sulfide) groups is 1. The second-order valence-corrected chi connectivity index (χ2v) is 4.58. The molecule has 0 atom stereocenters. The lowest BCUT2D eigenvalue weighted by molar-refractivity contribution is 0.0691. The van der Waals surface area contributed by atoms with Crippen molar-refractivity contribution in [1.29, 1.82) is 5.26 Å². The van der Waals surface area contributed by atoms with Gasteiger partial charge in [0.1, 0.15) is 5.82 Å². The van der Waals surface area contributed by atoms with E-state index in [1.807, 2.05) is 0 Å². The van der Waals surface area contributed by atoms with Crippen LogP contribution in [-0.2, 0) is 0 Å². The van der Waals surface area contributed by atoms with Gasteiger partial charge in [-0.2, -0.15) is 5.26 Å². The number of rotatable bonds is 6. The molecule has 0 fully saturated rings. The van der Waals surface area contributed by atoms with Crippen molar-refractivity contribution in [2.24, 2.45) is 0 Å². The lowest BCUT2D eigenvalue weighted by Gasteiger charge is -2.03.